The van der Waals surface area contributed by atoms with Crippen molar-refractivity contribution in [2.75, 3.05) is 19.6 Å². The van der Waals surface area contributed by atoms with Gasteiger partial charge in [-0.3, -0.25) is 9.98 Å². The van der Waals surface area contributed by atoms with Crippen molar-refractivity contribution in [3.63, 3.8) is 0 Å². The Morgan fingerprint density at radius 2 is 1.81 bits per heavy atom. The van der Waals surface area contributed by atoms with E-state index in [0.717, 1.165) is 43.1 Å². The van der Waals surface area contributed by atoms with E-state index in [4.69, 9.17) is 4.99 Å². The van der Waals surface area contributed by atoms with Crippen LogP contribution in [0.4, 0.5) is 0 Å². The molecular weight excluding hydrogens is 384 g/mol. The zero-order chi connectivity index (χ0) is 21.3. The summed E-state index contributed by atoms with van der Waals surface area (Å²) in [7, 11) is 0. The largest absolute Gasteiger partial charge is 0.357 e. The summed E-state index contributed by atoms with van der Waals surface area (Å²) in [5.74, 6) is 0.851. The molecule has 0 atom stereocenters. The third-order valence-corrected chi connectivity index (χ3v) is 5.12. The first-order chi connectivity index (χ1) is 15.3. The van der Waals surface area contributed by atoms with E-state index in [-0.39, 0.29) is 0 Å². The molecule has 31 heavy (non-hydrogen) atoms. The molecule has 0 unspecified atom stereocenters. The van der Waals surface area contributed by atoms with Crippen LogP contribution in [0.3, 0.4) is 0 Å². The minimum atomic E-state index is 0.712. The van der Waals surface area contributed by atoms with Crippen molar-refractivity contribution in [1.29, 1.82) is 0 Å². The summed E-state index contributed by atoms with van der Waals surface area (Å²) in [4.78, 5) is 9.29. The van der Waals surface area contributed by atoms with Gasteiger partial charge >= 0.3 is 0 Å². The van der Waals surface area contributed by atoms with E-state index >= 15 is 0 Å². The topological polar surface area (TPSA) is 67.1 Å². The van der Waals surface area contributed by atoms with Crippen LogP contribution in [0.5, 0.6) is 0 Å². The number of benzene rings is 2. The van der Waals surface area contributed by atoms with Gasteiger partial charge in [-0.25, -0.2) is 4.68 Å². The van der Waals surface area contributed by atoms with Crippen LogP contribution >= 0.6 is 0 Å². The van der Waals surface area contributed by atoms with E-state index in [1.54, 1.807) is 6.20 Å². The summed E-state index contributed by atoms with van der Waals surface area (Å²) in [6.45, 7) is 4.45. The lowest BCUT2D eigenvalue weighted by Gasteiger charge is -2.12. The van der Waals surface area contributed by atoms with Gasteiger partial charge in [0.1, 0.15) is 0 Å². The standard InChI is InChI=1S/C25H28N6/c1-2-26-25(29-18-14-22-7-3-6-21-8-4-15-27-24(21)22)28-17-13-20-9-11-23(12-10-20)31-19-5-16-30-31/h3-12,15-16,19H,2,13-14,17-18H2,1H3,(H2,26,28,29). The predicted molar refractivity (Wildman–Crippen MR) is 127 cm³/mol. The van der Waals surface area contributed by atoms with Gasteiger partial charge in [0.2, 0.25) is 0 Å². The molecule has 0 amide bonds. The fourth-order valence-electron chi connectivity index (χ4n) is 3.56. The highest BCUT2D eigenvalue weighted by molar-refractivity contribution is 5.82. The zero-order valence-corrected chi connectivity index (χ0v) is 17.8. The Bertz CT molecular complexity index is 1110. The van der Waals surface area contributed by atoms with Gasteiger partial charge in [-0.2, -0.15) is 5.10 Å². The normalized spacial score (nSPS) is 11.6. The van der Waals surface area contributed by atoms with E-state index < -0.39 is 0 Å². The molecule has 0 bridgehead atoms. The summed E-state index contributed by atoms with van der Waals surface area (Å²) in [6.07, 6.45) is 7.37. The molecule has 4 aromatic rings. The number of aliphatic imine (C=N–C) groups is 1. The van der Waals surface area contributed by atoms with Crippen LogP contribution in [0.1, 0.15) is 18.1 Å². The van der Waals surface area contributed by atoms with Crippen molar-refractivity contribution < 1.29 is 0 Å². The second-order valence-electron chi connectivity index (χ2n) is 7.30. The lowest BCUT2D eigenvalue weighted by Crippen LogP contribution is -2.38. The molecule has 0 aliphatic rings. The summed E-state index contributed by atoms with van der Waals surface area (Å²) in [5.41, 5.74) is 4.65. The molecule has 158 valence electrons. The van der Waals surface area contributed by atoms with Crippen LogP contribution in [-0.4, -0.2) is 40.4 Å². The first kappa shape index (κ1) is 20.6. The number of hydrogen-bond acceptors (Lipinski definition) is 3. The van der Waals surface area contributed by atoms with Crippen LogP contribution in [0, 0.1) is 0 Å². The number of fused-ring (bicyclic) bond motifs is 1. The molecule has 0 fully saturated rings. The number of para-hydroxylation sites is 1. The lowest BCUT2D eigenvalue weighted by molar-refractivity contribution is 0.796. The van der Waals surface area contributed by atoms with Crippen molar-refractivity contribution in [2.24, 2.45) is 4.99 Å². The van der Waals surface area contributed by atoms with Gasteiger partial charge in [-0.1, -0.05) is 36.4 Å². The molecule has 2 aromatic heterocycles. The smallest absolute Gasteiger partial charge is 0.191 e. The van der Waals surface area contributed by atoms with E-state index in [0.29, 0.717) is 6.54 Å². The van der Waals surface area contributed by atoms with E-state index in [2.05, 4.69) is 76.2 Å². The van der Waals surface area contributed by atoms with Crippen LogP contribution in [0.2, 0.25) is 0 Å². The molecule has 6 nitrogen and oxygen atoms in total. The molecule has 2 aromatic carbocycles. The molecule has 0 aliphatic carbocycles. The van der Waals surface area contributed by atoms with Gasteiger partial charge in [0.25, 0.3) is 0 Å². The second kappa shape index (κ2) is 10.4. The van der Waals surface area contributed by atoms with Gasteiger partial charge in [0, 0.05) is 43.6 Å². The van der Waals surface area contributed by atoms with Crippen molar-refractivity contribution in [2.45, 2.75) is 19.8 Å². The first-order valence-corrected chi connectivity index (χ1v) is 10.8. The van der Waals surface area contributed by atoms with Crippen LogP contribution in [-0.2, 0) is 12.8 Å². The predicted octanol–water partition coefficient (Wildman–Crippen LogP) is 3.76. The Hall–Kier alpha value is -3.67. The maximum Gasteiger partial charge on any atom is 0.191 e. The summed E-state index contributed by atoms with van der Waals surface area (Å²) in [6, 6.07) is 20.8. The maximum atomic E-state index is 4.75. The highest BCUT2D eigenvalue weighted by Gasteiger charge is 2.03. The third-order valence-electron chi connectivity index (χ3n) is 5.12. The number of hydrogen-bond donors (Lipinski definition) is 2. The maximum absolute atomic E-state index is 4.75. The highest BCUT2D eigenvalue weighted by atomic mass is 15.3. The minimum absolute atomic E-state index is 0.712. The monoisotopic (exact) mass is 412 g/mol. The molecule has 4 rings (SSSR count). The van der Waals surface area contributed by atoms with Crippen molar-refractivity contribution in [1.82, 2.24) is 25.4 Å². The quantitative estimate of drug-likeness (QED) is 0.342. The van der Waals surface area contributed by atoms with Gasteiger partial charge in [0.05, 0.1) is 11.2 Å². The molecule has 2 N–H and O–H groups in total. The van der Waals surface area contributed by atoms with Gasteiger partial charge in [0.15, 0.2) is 5.96 Å². The average Bonchev–Trinajstić information content (AvgIpc) is 3.35. The van der Waals surface area contributed by atoms with Crippen LogP contribution in [0.25, 0.3) is 16.6 Å². The fraction of sp³-hybridized carbons (Fsp3) is 0.240. The Morgan fingerprint density at radius 1 is 0.935 bits per heavy atom. The molecule has 0 radical (unpaired) electrons. The number of guanidine groups is 1. The molecular formula is C25H28N6. The first-order valence-electron chi connectivity index (χ1n) is 10.8. The third kappa shape index (κ3) is 5.48. The fourth-order valence-corrected chi connectivity index (χ4v) is 3.56. The van der Waals surface area contributed by atoms with Crippen molar-refractivity contribution in [3.8, 4) is 5.69 Å². The molecule has 2 heterocycles. The molecule has 6 heteroatoms. The Morgan fingerprint density at radius 3 is 2.61 bits per heavy atom. The number of aromatic nitrogens is 3. The van der Waals surface area contributed by atoms with E-state index in [1.807, 2.05) is 29.2 Å². The minimum Gasteiger partial charge on any atom is -0.357 e. The van der Waals surface area contributed by atoms with E-state index in [1.165, 1.54) is 16.5 Å². The lowest BCUT2D eigenvalue weighted by atomic mass is 10.1. The number of nitrogens with one attached hydrogen (secondary N) is 2. The molecule has 0 spiro atoms. The second-order valence-corrected chi connectivity index (χ2v) is 7.30. The van der Waals surface area contributed by atoms with Gasteiger partial charge < -0.3 is 10.6 Å². The summed E-state index contributed by atoms with van der Waals surface area (Å²) in [5, 5.41) is 12.2. The molecule has 0 aliphatic heterocycles. The van der Waals surface area contributed by atoms with Crippen LogP contribution < -0.4 is 10.6 Å². The summed E-state index contributed by atoms with van der Waals surface area (Å²) >= 11 is 0. The SMILES string of the molecule is CCNC(=NCCc1cccc2cccnc12)NCCc1ccc(-n2cccn2)cc1. The van der Waals surface area contributed by atoms with Crippen LogP contribution in [0.15, 0.2) is 84.2 Å². The van der Waals surface area contributed by atoms with Crippen molar-refractivity contribution >= 4 is 16.9 Å². The van der Waals surface area contributed by atoms with Crippen molar-refractivity contribution in [3.05, 3.63) is 90.4 Å². The Balaban J connectivity index is 1.30. The number of pyridine rings is 1. The average molecular weight is 413 g/mol. The zero-order valence-electron chi connectivity index (χ0n) is 17.8. The number of nitrogens with zero attached hydrogens (tertiary/aromatic N) is 4. The van der Waals surface area contributed by atoms with Gasteiger partial charge in [-0.15, -0.1) is 0 Å². The Labute approximate surface area is 183 Å². The molecule has 0 saturated heterocycles. The van der Waals surface area contributed by atoms with Gasteiger partial charge in [-0.05, 0) is 55.2 Å². The Kier molecular flexibility index (Phi) is 6.90. The number of rotatable bonds is 8. The summed E-state index contributed by atoms with van der Waals surface area (Å²) < 4.78 is 1.86. The van der Waals surface area contributed by atoms with E-state index in [9.17, 15) is 0 Å². The molecule has 0 saturated carbocycles. The highest BCUT2D eigenvalue weighted by Crippen LogP contribution is 2.16.